The highest BCUT2D eigenvalue weighted by molar-refractivity contribution is 8.03. The molecule has 0 atom stereocenters. The number of unbranched alkanes of at least 4 members (excludes halogenated alkanes) is 5. The number of hydrogen-bond donors (Lipinski definition) is 0. The Morgan fingerprint density at radius 1 is 0.957 bits per heavy atom. The third-order valence-electron chi connectivity index (χ3n) is 3.78. The Morgan fingerprint density at radius 2 is 1.74 bits per heavy atom. The molecule has 2 heteroatoms. The predicted octanol–water partition coefficient (Wildman–Crippen LogP) is 6.97. The highest BCUT2D eigenvalue weighted by Crippen LogP contribution is 2.31. The summed E-state index contributed by atoms with van der Waals surface area (Å²) in [5.74, 6) is 0. The fourth-order valence-electron chi connectivity index (χ4n) is 2.52. The van der Waals surface area contributed by atoms with Crippen molar-refractivity contribution in [1.29, 1.82) is 0 Å². The number of allylic oxidation sites excluding steroid dienone is 1. The minimum Gasteiger partial charge on any atom is -0.264 e. The summed E-state index contributed by atoms with van der Waals surface area (Å²) in [6, 6.07) is 14.8. The van der Waals surface area contributed by atoms with Crippen LogP contribution in [0.4, 0.5) is 0 Å². The van der Waals surface area contributed by atoms with Gasteiger partial charge in [0, 0.05) is 17.3 Å². The number of hydrogen-bond acceptors (Lipinski definition) is 2. The minimum atomic E-state index is 1.15. The Labute approximate surface area is 145 Å². The van der Waals surface area contributed by atoms with Crippen molar-refractivity contribution in [2.24, 2.45) is 0 Å². The van der Waals surface area contributed by atoms with E-state index < -0.39 is 0 Å². The van der Waals surface area contributed by atoms with E-state index in [4.69, 9.17) is 0 Å². The number of benzene rings is 1. The standard InChI is InChI=1S/C21H27NS/c1-2-3-4-5-6-8-15-21(17-19-12-11-16-22-18-19)23-20-13-9-7-10-14-20/h7,9-14,16-18H,2-6,8,15H2,1H3/b21-17-. The Kier molecular flexibility index (Phi) is 8.57. The fraction of sp³-hybridized carbons (Fsp3) is 0.381. The SMILES string of the molecule is CCCCCCCC/C(=C/c1cccnc1)Sc1ccccc1. The van der Waals surface area contributed by atoms with Gasteiger partial charge in [-0.1, -0.05) is 75.1 Å². The lowest BCUT2D eigenvalue weighted by Gasteiger charge is -2.08. The van der Waals surface area contributed by atoms with Gasteiger partial charge < -0.3 is 0 Å². The van der Waals surface area contributed by atoms with Gasteiger partial charge in [-0.3, -0.25) is 4.98 Å². The molecule has 0 fully saturated rings. The predicted molar refractivity (Wildman–Crippen MR) is 103 cm³/mol. The molecule has 0 unspecified atom stereocenters. The van der Waals surface area contributed by atoms with E-state index in [1.54, 1.807) is 0 Å². The third-order valence-corrected chi connectivity index (χ3v) is 4.87. The van der Waals surface area contributed by atoms with Gasteiger partial charge in [0.25, 0.3) is 0 Å². The Bertz CT molecular complexity index is 563. The van der Waals surface area contributed by atoms with Crippen LogP contribution in [0.1, 0.15) is 57.4 Å². The average molecular weight is 326 g/mol. The monoisotopic (exact) mass is 325 g/mol. The van der Waals surface area contributed by atoms with Crippen LogP contribution in [0.5, 0.6) is 0 Å². The number of thioether (sulfide) groups is 1. The normalized spacial score (nSPS) is 11.6. The van der Waals surface area contributed by atoms with E-state index in [9.17, 15) is 0 Å². The van der Waals surface area contributed by atoms with Crippen LogP contribution in [0, 0.1) is 0 Å². The van der Waals surface area contributed by atoms with Crippen LogP contribution in [-0.2, 0) is 0 Å². The van der Waals surface area contributed by atoms with Gasteiger partial charge in [-0.25, -0.2) is 0 Å². The van der Waals surface area contributed by atoms with Gasteiger partial charge in [0.15, 0.2) is 0 Å². The second-order valence-corrected chi connectivity index (χ2v) is 7.03. The molecule has 23 heavy (non-hydrogen) atoms. The van der Waals surface area contributed by atoms with E-state index in [1.165, 1.54) is 53.9 Å². The second kappa shape index (κ2) is 11.1. The van der Waals surface area contributed by atoms with E-state index >= 15 is 0 Å². The number of nitrogens with zero attached hydrogens (tertiary/aromatic N) is 1. The maximum atomic E-state index is 4.22. The molecule has 1 heterocycles. The van der Waals surface area contributed by atoms with E-state index in [-0.39, 0.29) is 0 Å². The van der Waals surface area contributed by atoms with Crippen LogP contribution in [-0.4, -0.2) is 4.98 Å². The number of rotatable bonds is 10. The molecule has 1 aromatic heterocycles. The first-order chi connectivity index (χ1) is 11.4. The molecule has 0 amide bonds. The lowest BCUT2D eigenvalue weighted by atomic mass is 10.1. The van der Waals surface area contributed by atoms with Crippen molar-refractivity contribution in [1.82, 2.24) is 4.98 Å². The zero-order chi connectivity index (χ0) is 16.2. The molecule has 0 aliphatic rings. The van der Waals surface area contributed by atoms with Gasteiger partial charge in [-0.15, -0.1) is 0 Å². The van der Waals surface area contributed by atoms with Crippen molar-refractivity contribution in [2.45, 2.75) is 56.8 Å². The molecule has 2 rings (SSSR count). The fourth-order valence-corrected chi connectivity index (χ4v) is 3.56. The van der Waals surface area contributed by atoms with Gasteiger partial charge in [-0.2, -0.15) is 0 Å². The summed E-state index contributed by atoms with van der Waals surface area (Å²) >= 11 is 1.89. The zero-order valence-corrected chi connectivity index (χ0v) is 14.9. The van der Waals surface area contributed by atoms with Crippen LogP contribution in [0.15, 0.2) is 64.7 Å². The molecule has 0 spiro atoms. The lowest BCUT2D eigenvalue weighted by molar-refractivity contribution is 0.610. The van der Waals surface area contributed by atoms with Gasteiger partial charge in [0.2, 0.25) is 0 Å². The third kappa shape index (κ3) is 7.51. The topological polar surface area (TPSA) is 12.9 Å². The average Bonchev–Trinajstić information content (AvgIpc) is 2.60. The Morgan fingerprint density at radius 3 is 2.48 bits per heavy atom. The summed E-state index contributed by atoms with van der Waals surface area (Å²) in [7, 11) is 0. The molecule has 1 aromatic carbocycles. The molecule has 0 saturated heterocycles. The van der Waals surface area contributed by atoms with E-state index in [1.807, 2.05) is 30.2 Å². The van der Waals surface area contributed by atoms with Crippen LogP contribution in [0.2, 0.25) is 0 Å². The summed E-state index contributed by atoms with van der Waals surface area (Å²) in [5.41, 5.74) is 1.19. The first-order valence-corrected chi connectivity index (χ1v) is 9.53. The molecule has 1 nitrogen and oxygen atoms in total. The molecule has 122 valence electrons. The molecule has 0 aliphatic heterocycles. The van der Waals surface area contributed by atoms with Crippen molar-refractivity contribution >= 4 is 17.8 Å². The summed E-state index contributed by atoms with van der Waals surface area (Å²) in [6.07, 6.45) is 15.2. The van der Waals surface area contributed by atoms with Gasteiger partial charge in [0.1, 0.15) is 0 Å². The van der Waals surface area contributed by atoms with Crippen molar-refractivity contribution in [3.8, 4) is 0 Å². The van der Waals surface area contributed by atoms with Crippen LogP contribution >= 0.6 is 11.8 Å². The van der Waals surface area contributed by atoms with Crippen molar-refractivity contribution in [3.05, 3.63) is 65.3 Å². The van der Waals surface area contributed by atoms with Gasteiger partial charge >= 0.3 is 0 Å². The highest BCUT2D eigenvalue weighted by atomic mass is 32.2. The first kappa shape index (κ1) is 17.8. The largest absolute Gasteiger partial charge is 0.264 e. The highest BCUT2D eigenvalue weighted by Gasteiger charge is 2.02. The van der Waals surface area contributed by atoms with Crippen LogP contribution in [0.25, 0.3) is 6.08 Å². The number of pyridine rings is 1. The van der Waals surface area contributed by atoms with Crippen LogP contribution in [0.3, 0.4) is 0 Å². The minimum absolute atomic E-state index is 1.15. The lowest BCUT2D eigenvalue weighted by Crippen LogP contribution is -1.84. The van der Waals surface area contributed by atoms with E-state index in [0.29, 0.717) is 0 Å². The molecule has 0 N–H and O–H groups in total. The summed E-state index contributed by atoms with van der Waals surface area (Å²) in [4.78, 5) is 6.96. The van der Waals surface area contributed by atoms with Gasteiger partial charge in [0.05, 0.1) is 0 Å². The molecule has 0 aliphatic carbocycles. The molecular weight excluding hydrogens is 298 g/mol. The molecule has 0 bridgehead atoms. The number of aromatic nitrogens is 1. The van der Waals surface area contributed by atoms with Gasteiger partial charge in [-0.05, 0) is 47.6 Å². The zero-order valence-electron chi connectivity index (χ0n) is 14.1. The van der Waals surface area contributed by atoms with Crippen LogP contribution < -0.4 is 0 Å². The molecule has 0 radical (unpaired) electrons. The van der Waals surface area contributed by atoms with E-state index in [0.717, 1.165) is 6.42 Å². The molecule has 2 aromatic rings. The summed E-state index contributed by atoms with van der Waals surface area (Å²) in [6.45, 7) is 2.27. The second-order valence-electron chi connectivity index (χ2n) is 5.83. The quantitative estimate of drug-likeness (QED) is 0.346. The first-order valence-electron chi connectivity index (χ1n) is 8.72. The Balaban J connectivity index is 1.93. The van der Waals surface area contributed by atoms with Crippen molar-refractivity contribution < 1.29 is 0 Å². The smallest absolute Gasteiger partial charge is 0.0340 e. The Hall–Kier alpha value is -1.54. The molecule has 0 saturated carbocycles. The summed E-state index contributed by atoms with van der Waals surface area (Å²) in [5, 5.41) is 0. The maximum absolute atomic E-state index is 4.22. The maximum Gasteiger partial charge on any atom is 0.0340 e. The van der Waals surface area contributed by atoms with E-state index in [2.05, 4.69) is 54.4 Å². The van der Waals surface area contributed by atoms with Crippen molar-refractivity contribution in [2.75, 3.05) is 0 Å². The summed E-state index contributed by atoms with van der Waals surface area (Å²) < 4.78 is 0. The molecular formula is C21H27NS. The van der Waals surface area contributed by atoms with Crippen molar-refractivity contribution in [3.63, 3.8) is 0 Å².